The maximum Gasteiger partial charge on any atom is 0.212 e. The van der Waals surface area contributed by atoms with Crippen molar-refractivity contribution in [2.24, 2.45) is 7.05 Å². The van der Waals surface area contributed by atoms with Crippen molar-refractivity contribution in [1.29, 1.82) is 0 Å². The smallest absolute Gasteiger partial charge is 0.212 e. The summed E-state index contributed by atoms with van der Waals surface area (Å²) in [6, 6.07) is 5.80. The van der Waals surface area contributed by atoms with Gasteiger partial charge >= 0.3 is 0 Å². The average Bonchev–Trinajstić information content (AvgIpc) is 2.94. The van der Waals surface area contributed by atoms with Gasteiger partial charge in [0, 0.05) is 24.8 Å². The lowest BCUT2D eigenvalue weighted by Gasteiger charge is -2.05. The van der Waals surface area contributed by atoms with Gasteiger partial charge in [-0.25, -0.2) is 0 Å². The number of carbonyl (C=O) groups excluding carboxylic acids is 1. The molecule has 0 saturated heterocycles. The molecule has 1 aromatic carbocycles. The van der Waals surface area contributed by atoms with E-state index in [0.717, 1.165) is 23.1 Å². The van der Waals surface area contributed by atoms with Crippen molar-refractivity contribution in [3.63, 3.8) is 0 Å². The van der Waals surface area contributed by atoms with Crippen LogP contribution < -0.4 is 5.32 Å². The molecule has 0 radical (unpaired) electrons. The summed E-state index contributed by atoms with van der Waals surface area (Å²) in [5.74, 6) is -0.00317. The number of nitrogens with one attached hydrogen (secondary N) is 1. The van der Waals surface area contributed by atoms with Crippen molar-refractivity contribution in [3.05, 3.63) is 45.7 Å². The van der Waals surface area contributed by atoms with Crippen LogP contribution in [0.1, 0.15) is 21.6 Å². The molecule has 4 nitrogen and oxygen atoms in total. The first-order valence-electron chi connectivity index (χ1n) is 5.76. The first kappa shape index (κ1) is 11.5. The molecule has 92 valence electrons. The normalized spacial score (nSPS) is 13.2. The highest BCUT2D eigenvalue weighted by Gasteiger charge is 2.19. The standard InChI is InChI=1S/C13H12BrN3O/c1-17-12(10(14)7-16-17)13(18)9-2-3-11-8(6-9)4-5-15-11/h2-3,6-7,15H,4-5H2,1H3. The zero-order valence-electron chi connectivity index (χ0n) is 9.90. The van der Waals surface area contributed by atoms with Gasteiger partial charge in [0.1, 0.15) is 5.69 Å². The van der Waals surface area contributed by atoms with E-state index >= 15 is 0 Å². The summed E-state index contributed by atoms with van der Waals surface area (Å²) < 4.78 is 2.33. The molecule has 2 aromatic rings. The minimum atomic E-state index is -0.00317. The molecule has 0 fully saturated rings. The number of hydrogen-bond acceptors (Lipinski definition) is 3. The molecule has 0 bridgehead atoms. The van der Waals surface area contributed by atoms with Gasteiger partial charge < -0.3 is 5.32 Å². The lowest BCUT2D eigenvalue weighted by Crippen LogP contribution is -2.09. The highest BCUT2D eigenvalue weighted by atomic mass is 79.9. The number of anilines is 1. The first-order chi connectivity index (χ1) is 8.66. The third-order valence-corrected chi connectivity index (χ3v) is 3.77. The Hall–Kier alpha value is -1.62. The van der Waals surface area contributed by atoms with Crippen molar-refractivity contribution < 1.29 is 4.79 Å². The number of hydrogen-bond donors (Lipinski definition) is 1. The highest BCUT2D eigenvalue weighted by molar-refractivity contribution is 9.10. The number of carbonyl (C=O) groups is 1. The van der Waals surface area contributed by atoms with Gasteiger partial charge in [0.2, 0.25) is 5.78 Å². The van der Waals surface area contributed by atoms with Crippen LogP contribution >= 0.6 is 15.9 Å². The zero-order valence-corrected chi connectivity index (χ0v) is 11.5. The number of ketones is 1. The molecule has 0 atom stereocenters. The lowest BCUT2D eigenvalue weighted by atomic mass is 10.0. The number of rotatable bonds is 2. The van der Waals surface area contributed by atoms with E-state index in [1.54, 1.807) is 17.9 Å². The Bertz CT molecular complexity index is 614. The summed E-state index contributed by atoms with van der Waals surface area (Å²) in [4.78, 5) is 12.4. The first-order valence-corrected chi connectivity index (χ1v) is 6.55. The Morgan fingerprint density at radius 3 is 3.06 bits per heavy atom. The molecule has 0 saturated carbocycles. The second-order valence-electron chi connectivity index (χ2n) is 4.34. The second kappa shape index (κ2) is 4.24. The Morgan fingerprint density at radius 1 is 1.50 bits per heavy atom. The number of aryl methyl sites for hydroxylation is 1. The van der Waals surface area contributed by atoms with Gasteiger partial charge in [-0.3, -0.25) is 9.48 Å². The summed E-state index contributed by atoms with van der Waals surface area (Å²) in [5.41, 5.74) is 3.64. The summed E-state index contributed by atoms with van der Waals surface area (Å²) in [7, 11) is 1.77. The fraction of sp³-hybridized carbons (Fsp3) is 0.231. The van der Waals surface area contributed by atoms with Crippen molar-refractivity contribution in [2.75, 3.05) is 11.9 Å². The van der Waals surface area contributed by atoms with Crippen molar-refractivity contribution in [2.45, 2.75) is 6.42 Å². The molecule has 0 unspecified atom stereocenters. The van der Waals surface area contributed by atoms with Crippen LogP contribution in [0.25, 0.3) is 0 Å². The van der Waals surface area contributed by atoms with Crippen LogP contribution in [0, 0.1) is 0 Å². The van der Waals surface area contributed by atoms with Gasteiger partial charge in [0.15, 0.2) is 0 Å². The predicted molar refractivity (Wildman–Crippen MR) is 73.0 cm³/mol. The topological polar surface area (TPSA) is 46.9 Å². The van der Waals surface area contributed by atoms with Gasteiger partial charge in [-0.05, 0) is 46.1 Å². The summed E-state index contributed by atoms with van der Waals surface area (Å²) in [6.45, 7) is 0.947. The Balaban J connectivity index is 2.03. The monoisotopic (exact) mass is 305 g/mol. The van der Waals surface area contributed by atoms with E-state index in [1.165, 1.54) is 5.56 Å². The summed E-state index contributed by atoms with van der Waals surface area (Å²) in [6.07, 6.45) is 2.62. The largest absolute Gasteiger partial charge is 0.384 e. The fourth-order valence-electron chi connectivity index (χ4n) is 2.25. The van der Waals surface area contributed by atoms with E-state index in [-0.39, 0.29) is 5.78 Å². The SMILES string of the molecule is Cn1ncc(Br)c1C(=O)c1ccc2c(c1)CCN2. The van der Waals surface area contributed by atoms with Crippen molar-refractivity contribution in [3.8, 4) is 0 Å². The Kier molecular flexibility index (Phi) is 2.70. The van der Waals surface area contributed by atoms with E-state index < -0.39 is 0 Å². The van der Waals surface area contributed by atoms with Crippen LogP contribution in [-0.2, 0) is 13.5 Å². The van der Waals surface area contributed by atoms with Gasteiger partial charge in [0.05, 0.1) is 10.7 Å². The van der Waals surface area contributed by atoms with Crippen LogP contribution in [0.5, 0.6) is 0 Å². The van der Waals surface area contributed by atoms with E-state index in [0.29, 0.717) is 11.3 Å². The van der Waals surface area contributed by atoms with Crippen LogP contribution in [0.15, 0.2) is 28.9 Å². The van der Waals surface area contributed by atoms with Crippen molar-refractivity contribution in [1.82, 2.24) is 9.78 Å². The van der Waals surface area contributed by atoms with Crippen LogP contribution in [0.4, 0.5) is 5.69 Å². The molecular formula is C13H12BrN3O. The molecule has 1 N–H and O–H groups in total. The number of aromatic nitrogens is 2. The molecule has 3 rings (SSSR count). The third-order valence-electron chi connectivity index (χ3n) is 3.19. The van der Waals surface area contributed by atoms with Gasteiger partial charge in [0.25, 0.3) is 0 Å². The molecule has 0 amide bonds. The molecular weight excluding hydrogens is 294 g/mol. The van der Waals surface area contributed by atoms with E-state index in [9.17, 15) is 4.79 Å². The fourth-order valence-corrected chi connectivity index (χ4v) is 2.78. The number of benzene rings is 1. The van der Waals surface area contributed by atoms with E-state index in [1.807, 2.05) is 18.2 Å². The highest BCUT2D eigenvalue weighted by Crippen LogP contribution is 2.25. The number of nitrogens with zero attached hydrogens (tertiary/aromatic N) is 2. The molecule has 5 heteroatoms. The summed E-state index contributed by atoms with van der Waals surface area (Å²) >= 11 is 3.36. The Morgan fingerprint density at radius 2 is 2.33 bits per heavy atom. The number of fused-ring (bicyclic) bond motifs is 1. The molecule has 18 heavy (non-hydrogen) atoms. The van der Waals surface area contributed by atoms with Crippen molar-refractivity contribution >= 4 is 27.4 Å². The minimum absolute atomic E-state index is 0.00317. The molecule has 1 aliphatic rings. The van der Waals surface area contributed by atoms with Crippen LogP contribution in [0.2, 0.25) is 0 Å². The second-order valence-corrected chi connectivity index (χ2v) is 5.20. The maximum absolute atomic E-state index is 12.4. The molecule has 1 aliphatic heterocycles. The summed E-state index contributed by atoms with van der Waals surface area (Å²) in [5, 5.41) is 7.36. The molecule has 2 heterocycles. The Labute approximate surface area is 113 Å². The zero-order chi connectivity index (χ0) is 12.7. The molecule has 0 spiro atoms. The van der Waals surface area contributed by atoms with Crippen LogP contribution in [-0.4, -0.2) is 22.1 Å². The predicted octanol–water partition coefficient (Wildman–Crippen LogP) is 2.38. The molecule has 1 aromatic heterocycles. The lowest BCUT2D eigenvalue weighted by molar-refractivity contribution is 0.102. The minimum Gasteiger partial charge on any atom is -0.384 e. The van der Waals surface area contributed by atoms with E-state index in [4.69, 9.17) is 0 Å². The van der Waals surface area contributed by atoms with Gasteiger partial charge in [-0.15, -0.1) is 0 Å². The molecule has 0 aliphatic carbocycles. The third kappa shape index (κ3) is 1.75. The number of halogens is 1. The van der Waals surface area contributed by atoms with Gasteiger partial charge in [-0.1, -0.05) is 0 Å². The van der Waals surface area contributed by atoms with E-state index in [2.05, 4.69) is 26.3 Å². The van der Waals surface area contributed by atoms with Crippen LogP contribution in [0.3, 0.4) is 0 Å². The van der Waals surface area contributed by atoms with Gasteiger partial charge in [-0.2, -0.15) is 5.10 Å². The average molecular weight is 306 g/mol. The maximum atomic E-state index is 12.4. The quantitative estimate of drug-likeness (QED) is 0.867.